The van der Waals surface area contributed by atoms with E-state index in [-0.39, 0.29) is 41.5 Å². The van der Waals surface area contributed by atoms with E-state index >= 15 is 0 Å². The third-order valence-electron chi connectivity index (χ3n) is 10.0. The molecule has 5 unspecified atom stereocenters. The molecule has 0 radical (unpaired) electrons. The monoisotopic (exact) mass is 789 g/mol. The number of hydrogen-bond acceptors (Lipinski definition) is 11. The number of alkyl halides is 2. The minimum atomic E-state index is -3.39. The Morgan fingerprint density at radius 3 is 1.76 bits per heavy atom. The number of nitrogens with zero attached hydrogens (tertiary/aromatic N) is 1. The second-order valence-electron chi connectivity index (χ2n) is 13.7. The van der Waals surface area contributed by atoms with Gasteiger partial charge in [0, 0.05) is 50.0 Å². The second-order valence-corrected chi connectivity index (χ2v) is 17.0. The molecule has 1 amide bonds. The molecular weight excluding hydrogens is 725 g/mol. The molecule has 300 valence electrons. The van der Waals surface area contributed by atoms with Crippen molar-refractivity contribution in [2.75, 3.05) is 126 Å². The van der Waals surface area contributed by atoms with Crippen LogP contribution in [0.1, 0.15) is 51.9 Å². The summed E-state index contributed by atoms with van der Waals surface area (Å²) < 4.78 is 66.7. The smallest absolute Gasteiger partial charge is 0.222 e. The van der Waals surface area contributed by atoms with Crippen LogP contribution in [0, 0.1) is 23.7 Å². The maximum Gasteiger partial charge on any atom is 0.222 e. The lowest BCUT2D eigenvalue weighted by Crippen LogP contribution is -2.53. The number of nitrogens with one attached hydrogen (secondary N) is 2. The lowest BCUT2D eigenvalue weighted by atomic mass is 9.63. The summed E-state index contributed by atoms with van der Waals surface area (Å²) in [6.45, 7) is 11.0. The zero-order chi connectivity index (χ0) is 36.7. The number of hydrogen-bond donors (Lipinski definition) is 2. The van der Waals surface area contributed by atoms with Gasteiger partial charge in [0.2, 0.25) is 15.9 Å². The molecule has 0 bridgehead atoms. The number of carbonyl (C=O) groups is 1. The van der Waals surface area contributed by atoms with Crippen molar-refractivity contribution in [2.45, 2.75) is 67.9 Å². The number of halogens is 2. The van der Waals surface area contributed by atoms with E-state index in [1.54, 1.807) is 0 Å². The van der Waals surface area contributed by atoms with Gasteiger partial charge in [0.05, 0.1) is 91.1 Å². The first-order valence-electron chi connectivity index (χ1n) is 19.0. The van der Waals surface area contributed by atoms with Gasteiger partial charge in [-0.3, -0.25) is 4.79 Å². The summed E-state index contributed by atoms with van der Waals surface area (Å²) in [5.41, 5.74) is 0. The molecule has 0 aromatic carbocycles. The van der Waals surface area contributed by atoms with E-state index in [1.807, 2.05) is 6.92 Å². The van der Waals surface area contributed by atoms with E-state index in [2.05, 4.69) is 22.0 Å². The molecule has 13 nitrogen and oxygen atoms in total. The minimum absolute atomic E-state index is 0.0955. The molecule has 16 heteroatoms. The molecule has 0 spiro atoms. The normalized spacial score (nSPS) is 27.3. The highest BCUT2D eigenvalue weighted by Gasteiger charge is 2.47. The van der Waals surface area contributed by atoms with Gasteiger partial charge in [-0.1, -0.05) is 0 Å². The van der Waals surface area contributed by atoms with E-state index in [1.165, 1.54) is 0 Å². The van der Waals surface area contributed by atoms with Crippen molar-refractivity contribution in [1.29, 1.82) is 0 Å². The number of likely N-dealkylation sites (tertiary alicyclic amines) is 1. The largest absolute Gasteiger partial charge is 0.379 e. The Morgan fingerprint density at radius 2 is 1.18 bits per heavy atom. The predicted octanol–water partition coefficient (Wildman–Crippen LogP) is 2.91. The lowest BCUT2D eigenvalue weighted by molar-refractivity contribution is -0.122. The van der Waals surface area contributed by atoms with Crippen molar-refractivity contribution in [1.82, 2.24) is 14.9 Å². The second kappa shape index (κ2) is 26.4. The van der Waals surface area contributed by atoms with Crippen LogP contribution in [-0.4, -0.2) is 161 Å². The number of amides is 1. The fraction of sp³-hybridized carbons (Fsp3) is 0.971. The first kappa shape index (κ1) is 45.0. The van der Waals surface area contributed by atoms with Crippen molar-refractivity contribution < 1.29 is 46.4 Å². The minimum Gasteiger partial charge on any atom is -0.379 e. The van der Waals surface area contributed by atoms with Crippen LogP contribution in [0.4, 0.5) is 0 Å². The van der Waals surface area contributed by atoms with E-state index in [9.17, 15) is 13.2 Å². The van der Waals surface area contributed by atoms with Crippen molar-refractivity contribution >= 4 is 39.1 Å². The third kappa shape index (κ3) is 18.2. The standard InChI is InChI=1S/C35H65Cl2N3O10S/c1-3-44-14-15-48-22-23-49-19-16-45-11-8-35(41)38-9-12-46-17-20-50-21-18-47-13-10-39-51(42,43)30-6-4-28(5-7-30)32-26-40(2)27-33-31(32)24-29(36)25-34(33)37/h28-34,39H,3-27H2,1-2H3,(H,38,41). The highest BCUT2D eigenvalue weighted by Crippen LogP contribution is 2.48. The Kier molecular flexibility index (Phi) is 23.4. The van der Waals surface area contributed by atoms with E-state index < -0.39 is 10.0 Å². The highest BCUT2D eigenvalue weighted by atomic mass is 35.5. The van der Waals surface area contributed by atoms with Crippen LogP contribution >= 0.6 is 23.2 Å². The Morgan fingerprint density at radius 1 is 0.667 bits per heavy atom. The van der Waals surface area contributed by atoms with Crippen LogP contribution in [0.15, 0.2) is 0 Å². The first-order valence-corrected chi connectivity index (χ1v) is 21.4. The maximum atomic E-state index is 13.0. The van der Waals surface area contributed by atoms with Crippen LogP contribution in [0.25, 0.3) is 0 Å². The molecule has 2 saturated carbocycles. The fourth-order valence-corrected chi connectivity index (χ4v) is 9.95. The van der Waals surface area contributed by atoms with E-state index in [0.717, 1.165) is 38.8 Å². The Hall–Kier alpha value is -0.360. The highest BCUT2D eigenvalue weighted by molar-refractivity contribution is 7.90. The quantitative estimate of drug-likeness (QED) is 0.0893. The molecule has 1 aliphatic heterocycles. The molecule has 51 heavy (non-hydrogen) atoms. The van der Waals surface area contributed by atoms with Gasteiger partial charge in [0.25, 0.3) is 0 Å². The van der Waals surface area contributed by atoms with Gasteiger partial charge >= 0.3 is 0 Å². The summed E-state index contributed by atoms with van der Waals surface area (Å²) in [5.74, 6) is 1.96. The van der Waals surface area contributed by atoms with Crippen molar-refractivity contribution in [3.63, 3.8) is 0 Å². The average molecular weight is 791 g/mol. The number of carbonyl (C=O) groups excluding carboxylic acids is 1. The Balaban J connectivity index is 1.08. The van der Waals surface area contributed by atoms with Crippen molar-refractivity contribution in [2.24, 2.45) is 23.7 Å². The van der Waals surface area contributed by atoms with Crippen molar-refractivity contribution in [3.05, 3.63) is 0 Å². The summed E-state index contributed by atoms with van der Waals surface area (Å²) in [6.07, 6.45) is 5.42. The molecule has 2 N–H and O–H groups in total. The molecule has 3 aliphatic rings. The zero-order valence-corrected chi connectivity index (χ0v) is 33.2. The van der Waals surface area contributed by atoms with Gasteiger partial charge in [-0.2, -0.15) is 0 Å². The maximum absolute atomic E-state index is 13.0. The average Bonchev–Trinajstić information content (AvgIpc) is 3.11. The number of ether oxygens (including phenoxy) is 7. The topological polar surface area (TPSA) is 143 Å². The van der Waals surface area contributed by atoms with Crippen LogP contribution in [0.2, 0.25) is 0 Å². The summed E-state index contributed by atoms with van der Waals surface area (Å²) in [7, 11) is -1.21. The number of rotatable bonds is 28. The summed E-state index contributed by atoms with van der Waals surface area (Å²) >= 11 is 13.4. The van der Waals surface area contributed by atoms with Gasteiger partial charge in [0.1, 0.15) is 0 Å². The molecule has 3 fully saturated rings. The van der Waals surface area contributed by atoms with Gasteiger partial charge in [-0.05, 0) is 76.2 Å². The van der Waals surface area contributed by atoms with Crippen LogP contribution in [-0.2, 0) is 48.0 Å². The summed E-state index contributed by atoms with van der Waals surface area (Å²) in [5, 5.41) is 2.71. The number of piperidine rings is 1. The Labute approximate surface area is 316 Å². The molecule has 1 saturated heterocycles. The third-order valence-corrected chi connectivity index (χ3v) is 12.9. The van der Waals surface area contributed by atoms with Gasteiger partial charge in [-0.15, -0.1) is 23.2 Å². The lowest BCUT2D eigenvalue weighted by Gasteiger charge is -2.51. The zero-order valence-electron chi connectivity index (χ0n) is 30.9. The molecule has 1 heterocycles. The van der Waals surface area contributed by atoms with Gasteiger partial charge < -0.3 is 43.4 Å². The molecule has 2 aliphatic carbocycles. The summed E-state index contributed by atoms with van der Waals surface area (Å²) in [4.78, 5) is 14.3. The predicted molar refractivity (Wildman–Crippen MR) is 198 cm³/mol. The number of fused-ring (bicyclic) bond motifs is 1. The summed E-state index contributed by atoms with van der Waals surface area (Å²) in [6, 6.07) is 0. The molecule has 5 atom stereocenters. The van der Waals surface area contributed by atoms with Crippen LogP contribution in [0.5, 0.6) is 0 Å². The number of sulfonamides is 1. The molecule has 0 aromatic rings. The molecule has 3 rings (SSSR count). The molecular formula is C35H65Cl2N3O10S. The van der Waals surface area contributed by atoms with Crippen LogP contribution < -0.4 is 10.0 Å². The van der Waals surface area contributed by atoms with Crippen LogP contribution in [0.3, 0.4) is 0 Å². The van der Waals surface area contributed by atoms with Gasteiger partial charge in [-0.25, -0.2) is 13.1 Å². The van der Waals surface area contributed by atoms with E-state index in [0.29, 0.717) is 129 Å². The van der Waals surface area contributed by atoms with Crippen molar-refractivity contribution in [3.8, 4) is 0 Å². The Bertz CT molecular complexity index is 1030. The first-order chi connectivity index (χ1) is 24.7. The fourth-order valence-electron chi connectivity index (χ4n) is 7.49. The van der Waals surface area contributed by atoms with E-state index in [4.69, 9.17) is 56.4 Å². The SMILES string of the molecule is CCOCCOCCOCCOCCC(=O)NCCOCCOCCOCCNS(=O)(=O)C1CCC(C2CN(C)CC3C(Cl)CC(Cl)CC32)CC1. The van der Waals surface area contributed by atoms with Gasteiger partial charge in [0.15, 0.2) is 0 Å². The molecule has 0 aromatic heterocycles.